The lowest BCUT2D eigenvalue weighted by Gasteiger charge is -2.29. The van der Waals surface area contributed by atoms with Crippen molar-refractivity contribution in [3.8, 4) is 11.3 Å². The van der Waals surface area contributed by atoms with Crippen LogP contribution in [0.1, 0.15) is 24.1 Å². The number of aromatic nitrogens is 2. The Balaban J connectivity index is 1.79. The number of halogens is 3. The van der Waals surface area contributed by atoms with E-state index >= 15 is 0 Å². The quantitative estimate of drug-likeness (QED) is 0.832. The molecule has 0 saturated carbocycles. The second-order valence-corrected chi connectivity index (χ2v) is 7.65. The van der Waals surface area contributed by atoms with Gasteiger partial charge in [-0.2, -0.15) is 0 Å². The van der Waals surface area contributed by atoms with Gasteiger partial charge >= 0.3 is 0 Å². The highest BCUT2D eigenvalue weighted by molar-refractivity contribution is 6.42. The number of hydrogen-bond donors (Lipinski definition) is 1. The molecule has 0 radical (unpaired) electrons. The molecule has 0 unspecified atom stereocenters. The van der Waals surface area contributed by atoms with E-state index in [9.17, 15) is 4.39 Å². The number of hydrogen-bond acceptors (Lipinski definition) is 4. The number of alkyl halides is 1. The average molecular weight is 395 g/mol. The minimum atomic E-state index is -0.717. The first-order valence-electron chi connectivity index (χ1n) is 9.07. The fourth-order valence-corrected chi connectivity index (χ4v) is 3.90. The highest BCUT2D eigenvalue weighted by Crippen LogP contribution is 2.32. The number of benzene rings is 1. The van der Waals surface area contributed by atoms with Crippen molar-refractivity contribution in [1.82, 2.24) is 15.3 Å². The van der Waals surface area contributed by atoms with Crippen molar-refractivity contribution >= 4 is 29.2 Å². The van der Waals surface area contributed by atoms with Gasteiger partial charge in [0.15, 0.2) is 0 Å². The molecule has 0 aliphatic carbocycles. The molecule has 1 saturated heterocycles. The fraction of sp³-hybridized carbons (Fsp3) is 0.474. The average Bonchev–Trinajstić information content (AvgIpc) is 2.89. The summed E-state index contributed by atoms with van der Waals surface area (Å²) in [5.74, 6) is 0.693. The molecule has 138 valence electrons. The second-order valence-electron chi connectivity index (χ2n) is 6.84. The maximum atomic E-state index is 13.5. The molecule has 4 rings (SSSR count). The molecule has 4 nitrogen and oxygen atoms in total. The van der Waals surface area contributed by atoms with Gasteiger partial charge in [-0.25, -0.2) is 14.4 Å². The molecular formula is C19H21Cl2FN4. The molecule has 0 bridgehead atoms. The van der Waals surface area contributed by atoms with E-state index < -0.39 is 6.17 Å². The van der Waals surface area contributed by atoms with Crippen molar-refractivity contribution < 1.29 is 4.39 Å². The predicted molar refractivity (Wildman–Crippen MR) is 104 cm³/mol. The summed E-state index contributed by atoms with van der Waals surface area (Å²) in [6.07, 6.45) is 2.08. The number of rotatable bonds is 2. The third-order valence-corrected chi connectivity index (χ3v) is 5.81. The van der Waals surface area contributed by atoms with Crippen LogP contribution in [0.15, 0.2) is 18.2 Å². The molecule has 0 amide bonds. The Labute approximate surface area is 162 Å². The number of fused-ring (bicyclic) bond motifs is 1. The monoisotopic (exact) mass is 394 g/mol. The van der Waals surface area contributed by atoms with Gasteiger partial charge in [-0.15, -0.1) is 0 Å². The highest BCUT2D eigenvalue weighted by atomic mass is 35.5. The van der Waals surface area contributed by atoms with Crippen molar-refractivity contribution in [2.24, 2.45) is 0 Å². The van der Waals surface area contributed by atoms with Crippen LogP contribution < -0.4 is 10.2 Å². The number of nitrogens with zero attached hydrogens (tertiary/aromatic N) is 3. The van der Waals surface area contributed by atoms with E-state index in [2.05, 4.69) is 10.2 Å². The van der Waals surface area contributed by atoms with Crippen LogP contribution in [-0.4, -0.2) is 42.3 Å². The van der Waals surface area contributed by atoms with E-state index in [1.165, 1.54) is 0 Å². The van der Waals surface area contributed by atoms with Gasteiger partial charge in [0, 0.05) is 37.2 Å². The molecule has 1 aromatic heterocycles. The molecule has 1 fully saturated rings. The van der Waals surface area contributed by atoms with Gasteiger partial charge in [-0.05, 0) is 37.9 Å². The smallest absolute Gasteiger partial charge is 0.226 e. The summed E-state index contributed by atoms with van der Waals surface area (Å²) in [6, 6.07) is 5.62. The number of anilines is 1. The minimum Gasteiger partial charge on any atom is -0.341 e. The summed E-state index contributed by atoms with van der Waals surface area (Å²) < 4.78 is 13.5. The predicted octanol–water partition coefficient (Wildman–Crippen LogP) is 4.08. The Morgan fingerprint density at radius 2 is 1.81 bits per heavy atom. The summed E-state index contributed by atoms with van der Waals surface area (Å²) in [5, 5.41) is 4.47. The minimum absolute atomic E-state index is 0.517. The lowest BCUT2D eigenvalue weighted by molar-refractivity contribution is 0.276. The van der Waals surface area contributed by atoms with Crippen LogP contribution in [0, 0.1) is 0 Å². The Hall–Kier alpha value is -1.43. The molecule has 0 atom stereocenters. The molecule has 1 aromatic carbocycles. The molecule has 7 heteroatoms. The third-order valence-electron chi connectivity index (χ3n) is 5.07. The summed E-state index contributed by atoms with van der Waals surface area (Å²) in [6.45, 7) is 3.10. The van der Waals surface area contributed by atoms with E-state index in [4.69, 9.17) is 33.2 Å². The topological polar surface area (TPSA) is 41.1 Å². The molecule has 2 aliphatic heterocycles. The van der Waals surface area contributed by atoms with E-state index in [0.717, 1.165) is 48.4 Å². The van der Waals surface area contributed by atoms with Crippen LogP contribution in [0.3, 0.4) is 0 Å². The zero-order valence-corrected chi connectivity index (χ0v) is 16.0. The van der Waals surface area contributed by atoms with Gasteiger partial charge in [0.2, 0.25) is 5.95 Å². The van der Waals surface area contributed by atoms with Gasteiger partial charge < -0.3 is 10.2 Å². The Bertz CT molecular complexity index is 806. The van der Waals surface area contributed by atoms with Crippen molar-refractivity contribution in [3.05, 3.63) is 39.5 Å². The first-order valence-corrected chi connectivity index (χ1v) is 9.82. The van der Waals surface area contributed by atoms with Crippen molar-refractivity contribution in [3.63, 3.8) is 0 Å². The molecule has 2 aromatic rings. The Kier molecular flexibility index (Phi) is 5.30. The molecular weight excluding hydrogens is 374 g/mol. The second kappa shape index (κ2) is 7.67. The Morgan fingerprint density at radius 3 is 2.58 bits per heavy atom. The normalized spacial score (nSPS) is 18.5. The van der Waals surface area contributed by atoms with Gasteiger partial charge in [0.05, 0.1) is 21.4 Å². The maximum Gasteiger partial charge on any atom is 0.226 e. The van der Waals surface area contributed by atoms with Crippen LogP contribution in [0.2, 0.25) is 10.0 Å². The van der Waals surface area contributed by atoms with E-state index in [1.807, 2.05) is 12.1 Å². The summed E-state index contributed by atoms with van der Waals surface area (Å²) >= 11 is 12.3. The molecule has 3 heterocycles. The van der Waals surface area contributed by atoms with Gasteiger partial charge in [-0.1, -0.05) is 29.3 Å². The highest BCUT2D eigenvalue weighted by Gasteiger charge is 2.24. The largest absolute Gasteiger partial charge is 0.341 e. The standard InChI is InChI=1S/C19H21Cl2FN4/c20-15-2-1-12(11-16(15)21)18-14-3-7-23-8-4-17(14)24-19(25-18)26-9-5-13(22)6-10-26/h1-2,11,13,23H,3-10H2. The molecule has 0 spiro atoms. The van der Waals surface area contributed by atoms with Crippen molar-refractivity contribution in [2.45, 2.75) is 31.9 Å². The first kappa shape index (κ1) is 18.0. The summed E-state index contributed by atoms with van der Waals surface area (Å²) in [7, 11) is 0. The Morgan fingerprint density at radius 1 is 1.04 bits per heavy atom. The number of nitrogens with one attached hydrogen (secondary N) is 1. The third kappa shape index (κ3) is 3.66. The first-order chi connectivity index (χ1) is 12.6. The van der Waals surface area contributed by atoms with Crippen molar-refractivity contribution in [1.29, 1.82) is 0 Å². The van der Waals surface area contributed by atoms with Crippen LogP contribution in [-0.2, 0) is 12.8 Å². The van der Waals surface area contributed by atoms with Gasteiger partial charge in [0.25, 0.3) is 0 Å². The summed E-state index contributed by atoms with van der Waals surface area (Å²) in [4.78, 5) is 11.8. The molecule has 2 aliphatic rings. The van der Waals surface area contributed by atoms with Crippen LogP contribution in [0.4, 0.5) is 10.3 Å². The van der Waals surface area contributed by atoms with Crippen LogP contribution >= 0.6 is 23.2 Å². The number of piperidine rings is 1. The lowest BCUT2D eigenvalue weighted by atomic mass is 10.0. The zero-order chi connectivity index (χ0) is 18.1. The SMILES string of the molecule is FC1CCN(c2nc3c(c(-c4ccc(Cl)c(Cl)c4)n2)CCNCC3)CC1. The lowest BCUT2D eigenvalue weighted by Crippen LogP contribution is -2.36. The van der Waals surface area contributed by atoms with Crippen molar-refractivity contribution in [2.75, 3.05) is 31.1 Å². The maximum absolute atomic E-state index is 13.5. The zero-order valence-electron chi connectivity index (χ0n) is 14.4. The molecule has 1 N–H and O–H groups in total. The van der Waals surface area contributed by atoms with E-state index in [-0.39, 0.29) is 0 Å². The van der Waals surface area contributed by atoms with E-state index in [0.29, 0.717) is 41.9 Å². The van der Waals surface area contributed by atoms with E-state index in [1.54, 1.807) is 6.07 Å². The fourth-order valence-electron chi connectivity index (χ4n) is 3.60. The van der Waals surface area contributed by atoms with Crippen LogP contribution in [0.25, 0.3) is 11.3 Å². The molecule has 26 heavy (non-hydrogen) atoms. The van der Waals surface area contributed by atoms with Gasteiger partial charge in [0.1, 0.15) is 6.17 Å². The summed E-state index contributed by atoms with van der Waals surface area (Å²) in [5.41, 5.74) is 4.09. The van der Waals surface area contributed by atoms with Gasteiger partial charge in [-0.3, -0.25) is 0 Å². The van der Waals surface area contributed by atoms with Crippen LogP contribution in [0.5, 0.6) is 0 Å².